The molecule has 19 heavy (non-hydrogen) atoms. The summed E-state index contributed by atoms with van der Waals surface area (Å²) in [5.41, 5.74) is 13.6. The molecular weight excluding hydrogens is 232 g/mol. The maximum atomic E-state index is 5.90. The van der Waals surface area contributed by atoms with Crippen molar-refractivity contribution in [3.8, 4) is 0 Å². The molecule has 0 radical (unpaired) electrons. The molecule has 2 N–H and O–H groups in total. The van der Waals surface area contributed by atoms with Crippen LogP contribution in [0.25, 0.3) is 0 Å². The molecule has 1 aliphatic rings. The number of hydrogen-bond acceptors (Lipinski definition) is 2. The van der Waals surface area contributed by atoms with Crippen LogP contribution in [0.15, 0.2) is 36.4 Å². The number of nitrogen functional groups attached to an aromatic ring is 1. The Labute approximate surface area is 114 Å². The number of hydrogen-bond donors (Lipinski definition) is 1. The lowest BCUT2D eigenvalue weighted by molar-refractivity contribution is 0.730. The first-order valence-electron chi connectivity index (χ1n) is 6.83. The monoisotopic (exact) mass is 252 g/mol. The van der Waals surface area contributed by atoms with Crippen LogP contribution in [0.5, 0.6) is 0 Å². The molecule has 1 aliphatic heterocycles. The third-order valence-corrected chi connectivity index (χ3v) is 3.94. The minimum Gasteiger partial charge on any atom is -0.399 e. The summed E-state index contributed by atoms with van der Waals surface area (Å²) in [5.74, 6) is 0. The Morgan fingerprint density at radius 1 is 1.00 bits per heavy atom. The summed E-state index contributed by atoms with van der Waals surface area (Å²) in [6.07, 6.45) is 1.10. The molecule has 0 bridgehead atoms. The van der Waals surface area contributed by atoms with Crippen molar-refractivity contribution in [2.75, 3.05) is 17.2 Å². The molecule has 0 saturated carbocycles. The Morgan fingerprint density at radius 3 is 2.63 bits per heavy atom. The van der Waals surface area contributed by atoms with E-state index < -0.39 is 0 Å². The Kier molecular flexibility index (Phi) is 2.94. The van der Waals surface area contributed by atoms with Gasteiger partial charge in [-0.15, -0.1) is 0 Å². The van der Waals surface area contributed by atoms with E-state index in [4.69, 9.17) is 5.73 Å². The van der Waals surface area contributed by atoms with E-state index in [0.29, 0.717) is 0 Å². The van der Waals surface area contributed by atoms with Gasteiger partial charge in [0.2, 0.25) is 0 Å². The van der Waals surface area contributed by atoms with Crippen molar-refractivity contribution < 1.29 is 0 Å². The van der Waals surface area contributed by atoms with Gasteiger partial charge in [-0.05, 0) is 55.2 Å². The number of nitrogens with zero attached hydrogens (tertiary/aromatic N) is 1. The number of aryl methyl sites for hydroxylation is 2. The molecular formula is C17H20N2. The van der Waals surface area contributed by atoms with Gasteiger partial charge in [0, 0.05) is 24.5 Å². The summed E-state index contributed by atoms with van der Waals surface area (Å²) in [6, 6.07) is 13.0. The van der Waals surface area contributed by atoms with Gasteiger partial charge in [-0.2, -0.15) is 0 Å². The Balaban J connectivity index is 1.93. The van der Waals surface area contributed by atoms with E-state index in [0.717, 1.165) is 25.2 Å². The lowest BCUT2D eigenvalue weighted by Gasteiger charge is -2.32. The first-order chi connectivity index (χ1) is 9.13. The minimum absolute atomic E-state index is 0.862. The third-order valence-electron chi connectivity index (χ3n) is 3.94. The zero-order chi connectivity index (χ0) is 13.4. The molecule has 0 unspecified atom stereocenters. The van der Waals surface area contributed by atoms with Crippen LogP contribution in [0.3, 0.4) is 0 Å². The third kappa shape index (κ3) is 2.30. The van der Waals surface area contributed by atoms with E-state index >= 15 is 0 Å². The number of anilines is 2. The number of benzene rings is 2. The number of rotatable bonds is 1. The van der Waals surface area contributed by atoms with Crippen molar-refractivity contribution in [1.82, 2.24) is 0 Å². The molecule has 1 heterocycles. The summed E-state index contributed by atoms with van der Waals surface area (Å²) in [4.78, 5) is 2.45. The van der Waals surface area contributed by atoms with Crippen LogP contribution >= 0.6 is 0 Å². The van der Waals surface area contributed by atoms with E-state index in [2.05, 4.69) is 49.1 Å². The van der Waals surface area contributed by atoms with Crippen LogP contribution in [0.4, 0.5) is 11.4 Å². The van der Waals surface area contributed by atoms with Gasteiger partial charge in [-0.25, -0.2) is 0 Å². The fourth-order valence-corrected chi connectivity index (χ4v) is 2.94. The standard InChI is InChI=1S/C17H20N2/c1-12-3-6-17(13(2)9-12)19-8-7-14-4-5-16(18)10-15(14)11-19/h3-6,9-10H,7-8,11,18H2,1-2H3. The van der Waals surface area contributed by atoms with Gasteiger partial charge in [-0.3, -0.25) is 0 Å². The van der Waals surface area contributed by atoms with Gasteiger partial charge in [0.25, 0.3) is 0 Å². The average molecular weight is 252 g/mol. The average Bonchev–Trinajstić information content (AvgIpc) is 2.38. The van der Waals surface area contributed by atoms with Crippen molar-refractivity contribution >= 4 is 11.4 Å². The summed E-state index contributed by atoms with van der Waals surface area (Å²) in [6.45, 7) is 6.38. The van der Waals surface area contributed by atoms with Crippen LogP contribution in [-0.4, -0.2) is 6.54 Å². The molecule has 0 aromatic heterocycles. The predicted molar refractivity (Wildman–Crippen MR) is 81.5 cm³/mol. The molecule has 0 amide bonds. The van der Waals surface area contributed by atoms with Crippen molar-refractivity contribution in [2.45, 2.75) is 26.8 Å². The smallest absolute Gasteiger partial charge is 0.0433 e. The van der Waals surface area contributed by atoms with Crippen LogP contribution < -0.4 is 10.6 Å². The molecule has 2 aromatic carbocycles. The van der Waals surface area contributed by atoms with Gasteiger partial charge in [0.05, 0.1) is 0 Å². The molecule has 0 saturated heterocycles. The first kappa shape index (κ1) is 12.1. The van der Waals surface area contributed by atoms with Crippen LogP contribution in [0.1, 0.15) is 22.3 Å². The summed E-state index contributed by atoms with van der Waals surface area (Å²) in [5, 5.41) is 0. The Bertz CT molecular complexity index is 617. The van der Waals surface area contributed by atoms with Crippen LogP contribution in [-0.2, 0) is 13.0 Å². The second kappa shape index (κ2) is 4.61. The fraction of sp³-hybridized carbons (Fsp3) is 0.294. The molecule has 0 spiro atoms. The highest BCUT2D eigenvalue weighted by atomic mass is 15.1. The quantitative estimate of drug-likeness (QED) is 0.788. The summed E-state index contributed by atoms with van der Waals surface area (Å²) < 4.78 is 0. The number of fused-ring (bicyclic) bond motifs is 1. The topological polar surface area (TPSA) is 29.3 Å². The largest absolute Gasteiger partial charge is 0.399 e. The Morgan fingerprint density at radius 2 is 1.84 bits per heavy atom. The summed E-state index contributed by atoms with van der Waals surface area (Å²) in [7, 11) is 0. The van der Waals surface area contributed by atoms with Crippen molar-refractivity contribution in [3.05, 3.63) is 58.7 Å². The molecule has 3 rings (SSSR count). The molecule has 0 aliphatic carbocycles. The predicted octanol–water partition coefficient (Wildman–Crippen LogP) is 3.45. The zero-order valence-corrected chi connectivity index (χ0v) is 11.6. The van der Waals surface area contributed by atoms with Gasteiger partial charge >= 0.3 is 0 Å². The van der Waals surface area contributed by atoms with E-state index in [-0.39, 0.29) is 0 Å². The highest BCUT2D eigenvalue weighted by Gasteiger charge is 2.17. The van der Waals surface area contributed by atoms with Crippen molar-refractivity contribution in [1.29, 1.82) is 0 Å². The molecule has 0 fully saturated rings. The van der Waals surface area contributed by atoms with Crippen molar-refractivity contribution in [3.63, 3.8) is 0 Å². The van der Waals surface area contributed by atoms with Gasteiger partial charge in [-0.1, -0.05) is 23.8 Å². The molecule has 2 aromatic rings. The summed E-state index contributed by atoms with van der Waals surface area (Å²) >= 11 is 0. The molecule has 2 nitrogen and oxygen atoms in total. The van der Waals surface area contributed by atoms with Crippen LogP contribution in [0, 0.1) is 13.8 Å². The highest BCUT2D eigenvalue weighted by molar-refractivity contribution is 5.57. The normalized spacial score (nSPS) is 14.3. The lowest BCUT2D eigenvalue weighted by Crippen LogP contribution is -2.30. The Hall–Kier alpha value is -1.96. The van der Waals surface area contributed by atoms with E-state index in [1.54, 1.807) is 0 Å². The minimum atomic E-state index is 0.862. The van der Waals surface area contributed by atoms with Crippen LogP contribution in [0.2, 0.25) is 0 Å². The SMILES string of the molecule is Cc1ccc(N2CCc3ccc(N)cc3C2)c(C)c1. The van der Waals surface area contributed by atoms with Gasteiger partial charge in [0.15, 0.2) is 0 Å². The second-order valence-electron chi connectivity index (χ2n) is 5.49. The van der Waals surface area contributed by atoms with Gasteiger partial charge in [0.1, 0.15) is 0 Å². The second-order valence-corrected chi connectivity index (χ2v) is 5.49. The molecule has 98 valence electrons. The fourth-order valence-electron chi connectivity index (χ4n) is 2.94. The maximum absolute atomic E-state index is 5.90. The van der Waals surface area contributed by atoms with E-state index in [1.807, 2.05) is 6.07 Å². The molecule has 0 atom stereocenters. The maximum Gasteiger partial charge on any atom is 0.0433 e. The van der Waals surface area contributed by atoms with E-state index in [1.165, 1.54) is 27.9 Å². The lowest BCUT2D eigenvalue weighted by atomic mass is 9.98. The first-order valence-corrected chi connectivity index (χ1v) is 6.83. The zero-order valence-electron chi connectivity index (χ0n) is 11.6. The van der Waals surface area contributed by atoms with E-state index in [9.17, 15) is 0 Å². The molecule has 2 heteroatoms. The highest BCUT2D eigenvalue weighted by Crippen LogP contribution is 2.28. The van der Waals surface area contributed by atoms with Crippen molar-refractivity contribution in [2.24, 2.45) is 0 Å². The number of nitrogens with two attached hydrogens (primary N) is 1. The van der Waals surface area contributed by atoms with Gasteiger partial charge < -0.3 is 10.6 Å².